The van der Waals surface area contributed by atoms with Crippen molar-refractivity contribution < 1.29 is 4.79 Å². The third-order valence-electron chi connectivity index (χ3n) is 7.65. The Labute approximate surface area is 173 Å². The van der Waals surface area contributed by atoms with Crippen LogP contribution in [-0.4, -0.2) is 28.4 Å². The first-order chi connectivity index (χ1) is 14.2. The number of carbonyl (C=O) groups excluding carboxylic acids is 1. The van der Waals surface area contributed by atoms with E-state index < -0.39 is 0 Å². The quantitative estimate of drug-likeness (QED) is 0.754. The number of hydrogen-bond acceptors (Lipinski definition) is 2. The van der Waals surface area contributed by atoms with E-state index in [0.717, 1.165) is 38.6 Å². The van der Waals surface area contributed by atoms with Gasteiger partial charge in [0, 0.05) is 36.1 Å². The Hall–Kier alpha value is -2.28. The van der Waals surface area contributed by atoms with Gasteiger partial charge in [0.25, 0.3) is 0 Å². The number of nitrogens with one attached hydrogen (secondary N) is 1. The topological polar surface area (TPSA) is 59.9 Å². The largest absolute Gasteiger partial charge is 0.361 e. The summed E-state index contributed by atoms with van der Waals surface area (Å²) in [6.07, 6.45) is 10.6. The summed E-state index contributed by atoms with van der Waals surface area (Å²) in [5.41, 5.74) is 3.95. The van der Waals surface area contributed by atoms with E-state index in [4.69, 9.17) is 0 Å². The highest BCUT2D eigenvalue weighted by atomic mass is 16.2. The Morgan fingerprint density at radius 3 is 2.90 bits per heavy atom. The fourth-order valence-corrected chi connectivity index (χ4v) is 6.01. The van der Waals surface area contributed by atoms with Crippen molar-refractivity contribution in [1.29, 1.82) is 5.26 Å². The van der Waals surface area contributed by atoms with Crippen LogP contribution in [0, 0.1) is 23.2 Å². The number of amides is 1. The first-order valence-electron chi connectivity index (χ1n) is 11.5. The molecule has 0 radical (unpaired) electrons. The molecule has 3 fully saturated rings. The number of piperidine rings is 1. The van der Waals surface area contributed by atoms with Gasteiger partial charge in [0.15, 0.2) is 0 Å². The highest BCUT2D eigenvalue weighted by Gasteiger charge is 2.41. The van der Waals surface area contributed by atoms with E-state index in [1.54, 1.807) is 0 Å². The van der Waals surface area contributed by atoms with Crippen molar-refractivity contribution in [2.75, 3.05) is 6.54 Å². The van der Waals surface area contributed by atoms with Crippen LogP contribution in [0.3, 0.4) is 0 Å². The minimum Gasteiger partial charge on any atom is -0.361 e. The number of benzene rings is 1. The molecule has 0 bridgehead atoms. The number of nitriles is 1. The first kappa shape index (κ1) is 18.7. The van der Waals surface area contributed by atoms with E-state index in [1.807, 2.05) is 0 Å². The van der Waals surface area contributed by atoms with Gasteiger partial charge in [0.05, 0.1) is 12.0 Å². The molecule has 4 unspecified atom stereocenters. The lowest BCUT2D eigenvalue weighted by molar-refractivity contribution is -0.138. The molecule has 1 N–H and O–H groups in total. The molecule has 1 saturated heterocycles. The summed E-state index contributed by atoms with van der Waals surface area (Å²) in [5, 5.41) is 10.9. The summed E-state index contributed by atoms with van der Waals surface area (Å²) in [6.45, 7) is 3.07. The molecule has 3 aliphatic rings. The first-order valence-corrected chi connectivity index (χ1v) is 11.5. The number of H-pyrrole nitrogens is 1. The van der Waals surface area contributed by atoms with Crippen LogP contribution in [0.15, 0.2) is 24.4 Å². The molecule has 4 atom stereocenters. The van der Waals surface area contributed by atoms with E-state index in [0.29, 0.717) is 18.3 Å². The molecule has 152 valence electrons. The van der Waals surface area contributed by atoms with Gasteiger partial charge in [0.2, 0.25) is 5.91 Å². The number of rotatable bonds is 4. The van der Waals surface area contributed by atoms with Gasteiger partial charge in [-0.1, -0.05) is 25.5 Å². The van der Waals surface area contributed by atoms with Crippen LogP contribution in [0.1, 0.15) is 81.3 Å². The lowest BCUT2D eigenvalue weighted by atomic mass is 9.71. The van der Waals surface area contributed by atoms with Gasteiger partial charge < -0.3 is 9.88 Å². The minimum absolute atomic E-state index is 0.136. The van der Waals surface area contributed by atoms with E-state index in [-0.39, 0.29) is 23.8 Å². The third kappa shape index (κ3) is 3.35. The average molecular weight is 390 g/mol. The summed E-state index contributed by atoms with van der Waals surface area (Å²) in [5.74, 6) is 1.70. The molecule has 1 aliphatic heterocycles. The van der Waals surface area contributed by atoms with Gasteiger partial charge >= 0.3 is 0 Å². The van der Waals surface area contributed by atoms with Crippen molar-refractivity contribution in [2.24, 2.45) is 11.8 Å². The Kier molecular flexibility index (Phi) is 4.86. The molecular formula is C25H31N3O. The monoisotopic (exact) mass is 389 g/mol. The second-order valence-electron chi connectivity index (χ2n) is 9.52. The number of aromatic amines is 1. The van der Waals surface area contributed by atoms with Crippen LogP contribution in [0.4, 0.5) is 0 Å². The van der Waals surface area contributed by atoms with E-state index in [2.05, 4.69) is 47.3 Å². The van der Waals surface area contributed by atoms with Gasteiger partial charge in [-0.2, -0.15) is 5.26 Å². The van der Waals surface area contributed by atoms with Crippen molar-refractivity contribution in [3.8, 4) is 6.07 Å². The van der Waals surface area contributed by atoms with E-state index in [1.165, 1.54) is 34.9 Å². The van der Waals surface area contributed by atoms with Gasteiger partial charge in [-0.25, -0.2) is 0 Å². The summed E-state index contributed by atoms with van der Waals surface area (Å²) < 4.78 is 0. The second kappa shape index (κ2) is 7.52. The van der Waals surface area contributed by atoms with Crippen LogP contribution in [0.5, 0.6) is 0 Å². The van der Waals surface area contributed by atoms with Crippen LogP contribution in [-0.2, 0) is 4.79 Å². The molecular weight excluding hydrogens is 358 g/mol. The Morgan fingerprint density at radius 2 is 2.10 bits per heavy atom. The predicted octanol–water partition coefficient (Wildman–Crippen LogP) is 5.47. The molecule has 4 nitrogen and oxygen atoms in total. The molecule has 2 aromatic rings. The normalized spacial score (nSPS) is 28.0. The fraction of sp³-hybridized carbons (Fsp3) is 0.600. The van der Waals surface area contributed by atoms with E-state index >= 15 is 0 Å². The number of likely N-dealkylation sites (tertiary alicyclic amines) is 1. The summed E-state index contributed by atoms with van der Waals surface area (Å²) in [4.78, 5) is 18.9. The second-order valence-corrected chi connectivity index (χ2v) is 9.52. The molecule has 29 heavy (non-hydrogen) atoms. The summed E-state index contributed by atoms with van der Waals surface area (Å²) >= 11 is 0. The third-order valence-corrected chi connectivity index (χ3v) is 7.65. The SMILES string of the molecule is CC(CC(=O)N1CCCC2C(C#N)CCCC21)c1c[nH]c2cccc(C3CC3)c12. The number of carbonyl (C=O) groups is 1. The number of aromatic nitrogens is 1. The van der Waals surface area contributed by atoms with Crippen molar-refractivity contribution >= 4 is 16.8 Å². The number of hydrogen-bond donors (Lipinski definition) is 1. The molecule has 2 heterocycles. The molecule has 0 spiro atoms. The Morgan fingerprint density at radius 1 is 1.24 bits per heavy atom. The summed E-state index contributed by atoms with van der Waals surface area (Å²) in [6, 6.07) is 9.38. The van der Waals surface area contributed by atoms with Gasteiger partial charge in [-0.3, -0.25) is 4.79 Å². The summed E-state index contributed by atoms with van der Waals surface area (Å²) in [7, 11) is 0. The van der Waals surface area contributed by atoms with Crippen LogP contribution < -0.4 is 0 Å². The fourth-order valence-electron chi connectivity index (χ4n) is 6.01. The molecule has 5 rings (SSSR count). The van der Waals surface area contributed by atoms with E-state index in [9.17, 15) is 10.1 Å². The minimum atomic E-state index is 0.136. The van der Waals surface area contributed by atoms with Crippen LogP contribution >= 0.6 is 0 Å². The maximum Gasteiger partial charge on any atom is 0.223 e. The molecule has 1 aromatic heterocycles. The maximum absolute atomic E-state index is 13.4. The van der Waals surface area contributed by atoms with Crippen LogP contribution in [0.25, 0.3) is 10.9 Å². The smallest absolute Gasteiger partial charge is 0.223 e. The highest BCUT2D eigenvalue weighted by molar-refractivity contribution is 5.89. The molecule has 2 saturated carbocycles. The lowest BCUT2D eigenvalue weighted by Gasteiger charge is -2.46. The van der Waals surface area contributed by atoms with Crippen molar-refractivity contribution in [1.82, 2.24) is 9.88 Å². The zero-order valence-corrected chi connectivity index (χ0v) is 17.4. The average Bonchev–Trinajstić information content (AvgIpc) is 3.50. The van der Waals surface area contributed by atoms with Gasteiger partial charge in [-0.15, -0.1) is 0 Å². The standard InChI is InChI=1S/C25H31N3O/c1-16(21-15-27-22-8-3-6-20(25(21)22)17-10-11-17)13-24(29)28-12-4-7-19-18(14-26)5-2-9-23(19)28/h3,6,8,15-19,23,27H,2,4-5,7,9-13H2,1H3. The lowest BCUT2D eigenvalue weighted by Crippen LogP contribution is -2.52. The van der Waals surface area contributed by atoms with Gasteiger partial charge in [0.1, 0.15) is 0 Å². The maximum atomic E-state index is 13.4. The molecule has 2 aliphatic carbocycles. The molecule has 1 amide bonds. The number of nitrogens with zero attached hydrogens (tertiary/aromatic N) is 2. The van der Waals surface area contributed by atoms with Crippen LogP contribution in [0.2, 0.25) is 0 Å². The highest BCUT2D eigenvalue weighted by Crippen LogP contribution is 2.45. The zero-order chi connectivity index (χ0) is 20.0. The predicted molar refractivity (Wildman–Crippen MR) is 114 cm³/mol. The Bertz CT molecular complexity index is 951. The van der Waals surface area contributed by atoms with Crippen molar-refractivity contribution in [2.45, 2.75) is 76.2 Å². The zero-order valence-electron chi connectivity index (χ0n) is 17.4. The van der Waals surface area contributed by atoms with Crippen molar-refractivity contribution in [3.63, 3.8) is 0 Å². The Balaban J connectivity index is 1.36. The van der Waals surface area contributed by atoms with Crippen molar-refractivity contribution in [3.05, 3.63) is 35.5 Å². The molecule has 1 aromatic carbocycles. The molecule has 4 heteroatoms. The number of fused-ring (bicyclic) bond motifs is 2. The van der Waals surface area contributed by atoms with Gasteiger partial charge in [-0.05, 0) is 73.5 Å².